The van der Waals surface area contributed by atoms with Crippen molar-refractivity contribution in [2.24, 2.45) is 0 Å². The predicted molar refractivity (Wildman–Crippen MR) is 68.5 cm³/mol. The monoisotopic (exact) mass is 255 g/mol. The van der Waals surface area contributed by atoms with Crippen LogP contribution in [0.4, 0.5) is 14.5 Å². The zero-order valence-electron chi connectivity index (χ0n) is 10.8. The van der Waals surface area contributed by atoms with Gasteiger partial charge < -0.3 is 9.64 Å². The molecule has 0 saturated carbocycles. The standard InChI is InChI=1S/C14H19F2NO/c1-10(2)11-3-5-12(6-4-11)17-7-8-18-13(9-17)14(15)16/h3-6,10,13-14H,7-9H2,1-2H3/t13-/m1/s1. The molecule has 0 aromatic heterocycles. The molecule has 1 saturated heterocycles. The van der Waals surface area contributed by atoms with E-state index in [4.69, 9.17) is 4.74 Å². The normalized spacial score (nSPS) is 20.8. The first-order valence-electron chi connectivity index (χ1n) is 6.32. The van der Waals surface area contributed by atoms with Gasteiger partial charge >= 0.3 is 0 Å². The number of ether oxygens (including phenoxy) is 1. The van der Waals surface area contributed by atoms with E-state index in [1.54, 1.807) is 0 Å². The second-order valence-electron chi connectivity index (χ2n) is 4.94. The minimum absolute atomic E-state index is 0.263. The highest BCUT2D eigenvalue weighted by atomic mass is 19.3. The maximum atomic E-state index is 12.6. The number of alkyl halides is 2. The average Bonchev–Trinajstić information content (AvgIpc) is 2.39. The molecule has 1 heterocycles. The quantitative estimate of drug-likeness (QED) is 0.822. The zero-order chi connectivity index (χ0) is 13.1. The largest absolute Gasteiger partial charge is 0.369 e. The summed E-state index contributed by atoms with van der Waals surface area (Å²) in [5.41, 5.74) is 2.26. The van der Waals surface area contributed by atoms with Crippen LogP contribution in [0.25, 0.3) is 0 Å². The van der Waals surface area contributed by atoms with Crippen molar-refractivity contribution in [1.29, 1.82) is 0 Å². The van der Waals surface area contributed by atoms with E-state index < -0.39 is 12.5 Å². The predicted octanol–water partition coefficient (Wildman–Crippen LogP) is 3.28. The third-order valence-corrected chi connectivity index (χ3v) is 3.30. The number of halogens is 2. The highest BCUT2D eigenvalue weighted by Crippen LogP contribution is 2.23. The number of benzene rings is 1. The Morgan fingerprint density at radius 1 is 1.22 bits per heavy atom. The number of hydrogen-bond donors (Lipinski definition) is 0. The Kier molecular flexibility index (Phi) is 4.17. The number of nitrogens with zero attached hydrogens (tertiary/aromatic N) is 1. The van der Waals surface area contributed by atoms with Crippen molar-refractivity contribution < 1.29 is 13.5 Å². The molecule has 2 rings (SSSR count). The topological polar surface area (TPSA) is 12.5 Å². The number of morpholine rings is 1. The Hall–Kier alpha value is -1.16. The molecule has 0 spiro atoms. The van der Waals surface area contributed by atoms with Gasteiger partial charge in [0.15, 0.2) is 0 Å². The molecule has 0 unspecified atom stereocenters. The summed E-state index contributed by atoms with van der Waals surface area (Å²) < 4.78 is 30.3. The van der Waals surface area contributed by atoms with Crippen LogP contribution in [0.5, 0.6) is 0 Å². The lowest BCUT2D eigenvalue weighted by atomic mass is 10.0. The molecule has 0 radical (unpaired) electrons. The van der Waals surface area contributed by atoms with Crippen LogP contribution in [0.15, 0.2) is 24.3 Å². The van der Waals surface area contributed by atoms with Crippen LogP contribution in [0.3, 0.4) is 0 Å². The molecule has 1 aromatic rings. The fourth-order valence-electron chi connectivity index (χ4n) is 2.13. The highest BCUT2D eigenvalue weighted by molar-refractivity contribution is 5.48. The lowest BCUT2D eigenvalue weighted by Gasteiger charge is -2.34. The third kappa shape index (κ3) is 2.99. The van der Waals surface area contributed by atoms with Gasteiger partial charge in [-0.1, -0.05) is 26.0 Å². The molecular weight excluding hydrogens is 236 g/mol. The van der Waals surface area contributed by atoms with Gasteiger partial charge in [-0.05, 0) is 23.6 Å². The smallest absolute Gasteiger partial charge is 0.266 e. The summed E-state index contributed by atoms with van der Waals surface area (Å²) >= 11 is 0. The van der Waals surface area contributed by atoms with Crippen molar-refractivity contribution in [2.45, 2.75) is 32.3 Å². The summed E-state index contributed by atoms with van der Waals surface area (Å²) in [6, 6.07) is 8.13. The summed E-state index contributed by atoms with van der Waals surface area (Å²) in [6.45, 7) is 5.57. The number of anilines is 1. The van der Waals surface area contributed by atoms with Crippen LogP contribution >= 0.6 is 0 Å². The van der Waals surface area contributed by atoms with Gasteiger partial charge in [0.1, 0.15) is 6.10 Å². The van der Waals surface area contributed by atoms with Gasteiger partial charge in [-0.25, -0.2) is 8.78 Å². The minimum atomic E-state index is -2.41. The van der Waals surface area contributed by atoms with Gasteiger partial charge in [0.2, 0.25) is 0 Å². The summed E-state index contributed by atoms with van der Waals surface area (Å²) in [6.07, 6.45) is -3.38. The summed E-state index contributed by atoms with van der Waals surface area (Å²) in [4.78, 5) is 1.96. The molecule has 0 amide bonds. The number of rotatable bonds is 3. The molecule has 100 valence electrons. The van der Waals surface area contributed by atoms with Crippen molar-refractivity contribution in [1.82, 2.24) is 0 Å². The van der Waals surface area contributed by atoms with Crippen molar-refractivity contribution >= 4 is 5.69 Å². The van der Waals surface area contributed by atoms with Crippen molar-refractivity contribution in [3.63, 3.8) is 0 Å². The molecule has 1 fully saturated rings. The van der Waals surface area contributed by atoms with Gasteiger partial charge in [0.05, 0.1) is 6.61 Å². The van der Waals surface area contributed by atoms with Crippen LogP contribution in [0.1, 0.15) is 25.3 Å². The second-order valence-corrected chi connectivity index (χ2v) is 4.94. The Morgan fingerprint density at radius 2 is 1.89 bits per heavy atom. The van der Waals surface area contributed by atoms with Gasteiger partial charge in [-0.15, -0.1) is 0 Å². The fourth-order valence-corrected chi connectivity index (χ4v) is 2.13. The van der Waals surface area contributed by atoms with E-state index in [-0.39, 0.29) is 6.54 Å². The molecule has 0 bridgehead atoms. The first kappa shape index (κ1) is 13.3. The van der Waals surface area contributed by atoms with Crippen LogP contribution in [-0.2, 0) is 4.74 Å². The van der Waals surface area contributed by atoms with Crippen LogP contribution < -0.4 is 4.90 Å². The molecule has 1 aliphatic rings. The van der Waals surface area contributed by atoms with Gasteiger partial charge in [0.25, 0.3) is 6.43 Å². The first-order chi connectivity index (χ1) is 8.58. The van der Waals surface area contributed by atoms with E-state index in [0.717, 1.165) is 5.69 Å². The van der Waals surface area contributed by atoms with Crippen molar-refractivity contribution in [3.05, 3.63) is 29.8 Å². The Balaban J connectivity index is 2.06. The highest BCUT2D eigenvalue weighted by Gasteiger charge is 2.27. The maximum absolute atomic E-state index is 12.6. The van der Waals surface area contributed by atoms with E-state index in [9.17, 15) is 8.78 Å². The van der Waals surface area contributed by atoms with Crippen LogP contribution in [0, 0.1) is 0 Å². The van der Waals surface area contributed by atoms with Crippen molar-refractivity contribution in [2.75, 3.05) is 24.6 Å². The van der Waals surface area contributed by atoms with E-state index in [0.29, 0.717) is 19.1 Å². The SMILES string of the molecule is CC(C)c1ccc(N2CCO[C@@H](C(F)F)C2)cc1. The lowest BCUT2D eigenvalue weighted by Crippen LogP contribution is -2.45. The second kappa shape index (κ2) is 5.65. The summed E-state index contributed by atoms with van der Waals surface area (Å²) in [5.74, 6) is 0.484. The van der Waals surface area contributed by atoms with E-state index in [2.05, 4.69) is 26.0 Å². The molecule has 2 nitrogen and oxygen atoms in total. The Labute approximate surface area is 107 Å². The minimum Gasteiger partial charge on any atom is -0.369 e. The molecular formula is C14H19F2NO. The third-order valence-electron chi connectivity index (χ3n) is 3.30. The van der Waals surface area contributed by atoms with Crippen LogP contribution in [-0.4, -0.2) is 32.2 Å². The first-order valence-corrected chi connectivity index (χ1v) is 6.32. The Bertz CT molecular complexity index is 378. The van der Waals surface area contributed by atoms with E-state index in [1.165, 1.54) is 5.56 Å². The van der Waals surface area contributed by atoms with Gasteiger partial charge in [-0.3, -0.25) is 0 Å². The maximum Gasteiger partial charge on any atom is 0.266 e. The van der Waals surface area contributed by atoms with Gasteiger partial charge in [-0.2, -0.15) is 0 Å². The van der Waals surface area contributed by atoms with Gasteiger partial charge in [0, 0.05) is 18.8 Å². The lowest BCUT2D eigenvalue weighted by molar-refractivity contribution is -0.0614. The molecule has 0 N–H and O–H groups in total. The van der Waals surface area contributed by atoms with E-state index in [1.807, 2.05) is 17.0 Å². The zero-order valence-corrected chi connectivity index (χ0v) is 10.8. The fraction of sp³-hybridized carbons (Fsp3) is 0.571. The summed E-state index contributed by atoms with van der Waals surface area (Å²) in [7, 11) is 0. The Morgan fingerprint density at radius 3 is 2.44 bits per heavy atom. The van der Waals surface area contributed by atoms with E-state index >= 15 is 0 Å². The molecule has 0 aliphatic carbocycles. The van der Waals surface area contributed by atoms with Crippen molar-refractivity contribution in [3.8, 4) is 0 Å². The molecule has 4 heteroatoms. The number of hydrogen-bond acceptors (Lipinski definition) is 2. The molecule has 1 aliphatic heterocycles. The molecule has 1 aromatic carbocycles. The average molecular weight is 255 g/mol. The molecule has 1 atom stereocenters. The van der Waals surface area contributed by atoms with Crippen LogP contribution in [0.2, 0.25) is 0 Å². The molecule has 18 heavy (non-hydrogen) atoms. The summed E-state index contributed by atoms with van der Waals surface area (Å²) in [5, 5.41) is 0.